The molecular weight excluding hydrogens is 312 g/mol. The molecule has 3 rings (SSSR count). The number of pyridine rings is 1. The number of fused-ring (bicyclic) bond motifs is 1. The van der Waals surface area contributed by atoms with Gasteiger partial charge >= 0.3 is 0 Å². The van der Waals surface area contributed by atoms with Crippen LogP contribution in [0.5, 0.6) is 0 Å². The lowest BCUT2D eigenvalue weighted by Gasteiger charge is -2.07. The van der Waals surface area contributed by atoms with Crippen LogP contribution >= 0.6 is 11.3 Å². The van der Waals surface area contributed by atoms with Crippen LogP contribution in [0.2, 0.25) is 0 Å². The van der Waals surface area contributed by atoms with Crippen LogP contribution in [-0.2, 0) is 18.4 Å². The maximum Gasteiger partial charge on any atom is 0.268 e. The lowest BCUT2D eigenvalue weighted by molar-refractivity contribution is -0.120. The molecule has 0 aliphatic heterocycles. The van der Waals surface area contributed by atoms with E-state index in [0.29, 0.717) is 12.2 Å². The van der Waals surface area contributed by atoms with Crippen LogP contribution in [0.3, 0.4) is 0 Å². The number of aromatic nitrogens is 2. The first-order valence-electron chi connectivity index (χ1n) is 7.13. The molecule has 2 N–H and O–H groups in total. The molecule has 0 aliphatic rings. The molecule has 3 aromatic heterocycles. The normalized spacial score (nSPS) is 10.7. The van der Waals surface area contributed by atoms with Gasteiger partial charge in [-0.2, -0.15) is 0 Å². The minimum absolute atomic E-state index is 0.0650. The Morgan fingerprint density at radius 1 is 1.26 bits per heavy atom. The van der Waals surface area contributed by atoms with Gasteiger partial charge in [-0.3, -0.25) is 14.6 Å². The number of hydrogen-bond donors (Lipinski definition) is 2. The van der Waals surface area contributed by atoms with Gasteiger partial charge in [0.15, 0.2) is 0 Å². The molecule has 3 aromatic rings. The van der Waals surface area contributed by atoms with Crippen molar-refractivity contribution >= 4 is 33.4 Å². The molecule has 118 valence electrons. The zero-order valence-corrected chi connectivity index (χ0v) is 13.4. The highest BCUT2D eigenvalue weighted by Gasteiger charge is 2.14. The summed E-state index contributed by atoms with van der Waals surface area (Å²) in [6.07, 6.45) is 1.67. The van der Waals surface area contributed by atoms with Crippen LogP contribution < -0.4 is 10.6 Å². The van der Waals surface area contributed by atoms with Crippen molar-refractivity contribution in [2.75, 3.05) is 6.54 Å². The van der Waals surface area contributed by atoms with E-state index in [1.807, 2.05) is 47.3 Å². The third-order valence-electron chi connectivity index (χ3n) is 3.50. The summed E-state index contributed by atoms with van der Waals surface area (Å²) in [5.41, 5.74) is 2.33. The van der Waals surface area contributed by atoms with Gasteiger partial charge in [0.25, 0.3) is 5.91 Å². The molecule has 6 nitrogen and oxygen atoms in total. The van der Waals surface area contributed by atoms with Crippen LogP contribution in [0.4, 0.5) is 0 Å². The first-order valence-corrected chi connectivity index (χ1v) is 8.01. The first-order chi connectivity index (χ1) is 11.1. The fourth-order valence-corrected chi connectivity index (χ4v) is 3.12. The summed E-state index contributed by atoms with van der Waals surface area (Å²) in [5, 5.41) is 7.34. The Kier molecular flexibility index (Phi) is 4.38. The third kappa shape index (κ3) is 3.40. The van der Waals surface area contributed by atoms with Gasteiger partial charge in [0.05, 0.1) is 29.0 Å². The SMILES string of the molecule is Cn1c(C(=O)NCC(=O)NCc2ccccn2)cc2sccc21. The number of nitrogens with one attached hydrogen (secondary N) is 2. The van der Waals surface area contributed by atoms with Crippen LogP contribution in [0, 0.1) is 0 Å². The molecule has 0 radical (unpaired) electrons. The molecule has 0 aliphatic carbocycles. The summed E-state index contributed by atoms with van der Waals surface area (Å²) < 4.78 is 2.88. The van der Waals surface area contributed by atoms with Crippen LogP contribution in [0.1, 0.15) is 16.2 Å². The number of rotatable bonds is 5. The molecule has 0 atom stereocenters. The second-order valence-electron chi connectivity index (χ2n) is 5.04. The summed E-state index contributed by atoms with van der Waals surface area (Å²) in [4.78, 5) is 28.1. The fraction of sp³-hybridized carbons (Fsp3) is 0.188. The Morgan fingerprint density at radius 3 is 2.87 bits per heavy atom. The van der Waals surface area contributed by atoms with E-state index < -0.39 is 0 Å². The summed E-state index contributed by atoms with van der Waals surface area (Å²) in [5.74, 6) is -0.510. The predicted molar refractivity (Wildman–Crippen MR) is 89.2 cm³/mol. The van der Waals surface area contributed by atoms with Crippen molar-refractivity contribution < 1.29 is 9.59 Å². The molecule has 0 aromatic carbocycles. The van der Waals surface area contributed by atoms with E-state index in [-0.39, 0.29) is 18.4 Å². The summed E-state index contributed by atoms with van der Waals surface area (Å²) in [6.45, 7) is 0.278. The number of aryl methyl sites for hydroxylation is 1. The highest BCUT2D eigenvalue weighted by molar-refractivity contribution is 7.17. The van der Waals surface area contributed by atoms with Gasteiger partial charge in [0.2, 0.25) is 5.91 Å². The van der Waals surface area contributed by atoms with E-state index in [1.165, 1.54) is 0 Å². The monoisotopic (exact) mass is 328 g/mol. The van der Waals surface area contributed by atoms with Crippen molar-refractivity contribution in [3.05, 3.63) is 53.3 Å². The van der Waals surface area contributed by atoms with Crippen molar-refractivity contribution in [2.24, 2.45) is 7.05 Å². The number of carbonyl (C=O) groups is 2. The molecule has 0 saturated carbocycles. The summed E-state index contributed by atoms with van der Waals surface area (Å²) >= 11 is 1.58. The molecule has 0 saturated heterocycles. The minimum Gasteiger partial charge on any atom is -0.349 e. The third-order valence-corrected chi connectivity index (χ3v) is 4.35. The predicted octanol–water partition coefficient (Wildman–Crippen LogP) is 1.68. The van der Waals surface area contributed by atoms with Gasteiger partial charge in [-0.05, 0) is 29.6 Å². The van der Waals surface area contributed by atoms with Gasteiger partial charge in [-0.25, -0.2) is 0 Å². The minimum atomic E-state index is -0.260. The number of carbonyl (C=O) groups excluding carboxylic acids is 2. The smallest absolute Gasteiger partial charge is 0.268 e. The van der Waals surface area contributed by atoms with Gasteiger partial charge in [0.1, 0.15) is 5.69 Å². The molecule has 0 unspecified atom stereocenters. The standard InChI is InChI=1S/C16H16N4O2S/c1-20-12-5-7-23-14(12)8-13(20)16(22)19-10-15(21)18-9-11-4-2-3-6-17-11/h2-8H,9-10H2,1H3,(H,18,21)(H,19,22). The van der Waals surface area contributed by atoms with E-state index >= 15 is 0 Å². The Balaban J connectivity index is 1.53. The van der Waals surface area contributed by atoms with E-state index in [2.05, 4.69) is 15.6 Å². The highest BCUT2D eigenvalue weighted by atomic mass is 32.1. The molecule has 2 amide bonds. The molecule has 0 fully saturated rings. The average molecular weight is 328 g/mol. The van der Waals surface area contributed by atoms with E-state index in [9.17, 15) is 9.59 Å². The number of nitrogens with zero attached hydrogens (tertiary/aromatic N) is 2. The van der Waals surface area contributed by atoms with E-state index in [4.69, 9.17) is 0 Å². The molecule has 7 heteroatoms. The topological polar surface area (TPSA) is 76.0 Å². The van der Waals surface area contributed by atoms with Crippen molar-refractivity contribution in [2.45, 2.75) is 6.54 Å². The van der Waals surface area contributed by atoms with Gasteiger partial charge in [-0.15, -0.1) is 11.3 Å². The Hall–Kier alpha value is -2.67. The van der Waals surface area contributed by atoms with Crippen LogP contribution in [0.25, 0.3) is 10.2 Å². The maximum atomic E-state index is 12.2. The summed E-state index contributed by atoms with van der Waals surface area (Å²) in [6, 6.07) is 9.31. The number of amides is 2. The van der Waals surface area contributed by atoms with Crippen molar-refractivity contribution in [3.63, 3.8) is 0 Å². The average Bonchev–Trinajstić information content (AvgIpc) is 3.15. The Bertz CT molecular complexity index is 838. The lowest BCUT2D eigenvalue weighted by atomic mass is 10.3. The zero-order valence-electron chi connectivity index (χ0n) is 12.6. The lowest BCUT2D eigenvalue weighted by Crippen LogP contribution is -2.37. The Morgan fingerprint density at radius 2 is 2.13 bits per heavy atom. The Labute approximate surface area is 137 Å². The first kappa shape index (κ1) is 15.2. The van der Waals surface area contributed by atoms with Crippen molar-refractivity contribution in [1.82, 2.24) is 20.2 Å². The quantitative estimate of drug-likeness (QED) is 0.748. The largest absolute Gasteiger partial charge is 0.349 e. The fourth-order valence-electron chi connectivity index (χ4n) is 2.27. The molecule has 0 bridgehead atoms. The highest BCUT2D eigenvalue weighted by Crippen LogP contribution is 2.23. The molecule has 3 heterocycles. The summed E-state index contributed by atoms with van der Waals surface area (Å²) in [7, 11) is 1.84. The molecular formula is C16H16N4O2S. The van der Waals surface area contributed by atoms with Crippen LogP contribution in [-0.4, -0.2) is 27.9 Å². The van der Waals surface area contributed by atoms with Crippen molar-refractivity contribution in [1.29, 1.82) is 0 Å². The van der Waals surface area contributed by atoms with Gasteiger partial charge in [-0.1, -0.05) is 6.07 Å². The molecule has 23 heavy (non-hydrogen) atoms. The van der Waals surface area contributed by atoms with Crippen molar-refractivity contribution in [3.8, 4) is 0 Å². The van der Waals surface area contributed by atoms with E-state index in [0.717, 1.165) is 15.9 Å². The number of hydrogen-bond acceptors (Lipinski definition) is 4. The second kappa shape index (κ2) is 6.62. The van der Waals surface area contributed by atoms with E-state index in [1.54, 1.807) is 17.5 Å². The second-order valence-corrected chi connectivity index (χ2v) is 5.99. The van der Waals surface area contributed by atoms with Crippen LogP contribution in [0.15, 0.2) is 41.9 Å². The zero-order chi connectivity index (χ0) is 16.2. The number of thiophene rings is 1. The van der Waals surface area contributed by atoms with Gasteiger partial charge in [0, 0.05) is 13.2 Å². The molecule has 0 spiro atoms. The maximum absolute atomic E-state index is 12.2. The van der Waals surface area contributed by atoms with Gasteiger partial charge < -0.3 is 15.2 Å².